The van der Waals surface area contributed by atoms with Gasteiger partial charge in [0.2, 0.25) is 0 Å². The van der Waals surface area contributed by atoms with E-state index in [0.717, 1.165) is 81.5 Å². The van der Waals surface area contributed by atoms with Gasteiger partial charge in [0.25, 0.3) is 0 Å². The van der Waals surface area contributed by atoms with E-state index in [2.05, 4.69) is 64.2 Å². The van der Waals surface area contributed by atoms with Gasteiger partial charge in [0.15, 0.2) is 0 Å². The van der Waals surface area contributed by atoms with E-state index in [9.17, 15) is 14.4 Å². The van der Waals surface area contributed by atoms with Gasteiger partial charge in [-0.2, -0.15) is 0 Å². The number of allylic oxidation sites excluding steroid dienone is 4. The van der Waals surface area contributed by atoms with Gasteiger partial charge >= 0.3 is 154 Å². The maximum absolute atomic E-state index is 12.6. The summed E-state index contributed by atoms with van der Waals surface area (Å²) in [5.74, 6) is -0.406. The molecule has 0 aliphatic heterocycles. The van der Waals surface area contributed by atoms with Gasteiger partial charge in [0.05, 0.1) is 0 Å². The third-order valence-corrected chi connectivity index (χ3v) is 15.3. The summed E-state index contributed by atoms with van der Waals surface area (Å²) in [4.78, 5) is 37.5. The summed E-state index contributed by atoms with van der Waals surface area (Å²) < 4.78 is 20.6. The Balaban J connectivity index is 4.49. The van der Waals surface area contributed by atoms with Crippen molar-refractivity contribution in [2.45, 2.75) is 182 Å². The van der Waals surface area contributed by atoms with Crippen LogP contribution in [-0.4, -0.2) is 57.2 Å². The van der Waals surface area contributed by atoms with Crippen molar-refractivity contribution in [2.75, 3.05) is 33.0 Å². The second-order valence-corrected chi connectivity index (χ2v) is 20.9. The summed E-state index contributed by atoms with van der Waals surface area (Å²) in [6.07, 6.45) is 30.6. The second-order valence-electron chi connectivity index (χ2n) is 13.5. The molecule has 50 heavy (non-hydrogen) atoms. The number of esters is 2. The Kier molecular flexibility index (Phi) is 36.0. The predicted molar refractivity (Wildman–Crippen MR) is 221 cm³/mol. The van der Waals surface area contributed by atoms with E-state index in [0.29, 0.717) is 32.2 Å². The number of hydrogen-bond donors (Lipinski definition) is 1. The van der Waals surface area contributed by atoms with E-state index in [4.69, 9.17) is 14.2 Å². The first kappa shape index (κ1) is 48.4. The summed E-state index contributed by atoms with van der Waals surface area (Å²) in [6, 6.07) is 0. The molecule has 0 saturated carbocycles. The molecular weight excluding hydrogens is 741 g/mol. The van der Waals surface area contributed by atoms with Crippen molar-refractivity contribution in [1.82, 2.24) is 5.32 Å². The molecule has 0 aromatic heterocycles. The van der Waals surface area contributed by atoms with Crippen molar-refractivity contribution in [3.63, 3.8) is 0 Å². The molecule has 0 spiro atoms. The zero-order valence-corrected chi connectivity index (χ0v) is 35.2. The Bertz CT molecular complexity index is 851. The van der Waals surface area contributed by atoms with Crippen molar-refractivity contribution in [3.8, 4) is 0 Å². The zero-order valence-electron chi connectivity index (χ0n) is 33.1. The first-order valence-corrected chi connectivity index (χ1v) is 25.1. The van der Waals surface area contributed by atoms with Crippen LogP contribution in [0.4, 0.5) is 4.79 Å². The van der Waals surface area contributed by atoms with Crippen LogP contribution < -0.4 is 5.32 Å². The van der Waals surface area contributed by atoms with Gasteiger partial charge in [-0.1, -0.05) is 103 Å². The number of rotatable bonds is 35. The Morgan fingerprint density at radius 1 is 0.600 bits per heavy atom. The molecule has 0 rings (SSSR count). The Hall–Kier alpha value is -1.58. The molecule has 294 valence electrons. The fourth-order valence-electron chi connectivity index (χ4n) is 5.64. The summed E-state index contributed by atoms with van der Waals surface area (Å²) in [6.45, 7) is 12.1. The third kappa shape index (κ3) is 32.3. The Morgan fingerprint density at radius 3 is 1.80 bits per heavy atom. The first-order valence-electron chi connectivity index (χ1n) is 20.5. The fourth-order valence-corrected chi connectivity index (χ4v) is 9.27. The standard InChI is InChI=1S/C42H78INO6/c1-6-11-14-15-16-17-18-19-20-21-22-23-24-25-26-32-40(45)48-36-38(37-49-42(47)44-35-34-43(9-4)10-5)29-27-28-33-41(46)50-39(30-12-7-2)31-13-8-3/h16-17,19-20,38-39H,6-15,18,21-37H2,1-5H3,(H,44,47)/b17-16-,20-19-. The molecule has 1 atom stereocenters. The van der Waals surface area contributed by atoms with Crippen molar-refractivity contribution in [2.24, 2.45) is 5.92 Å². The van der Waals surface area contributed by atoms with Crippen LogP contribution in [0.5, 0.6) is 0 Å². The number of unbranched alkanes of at least 4 members (excludes halogenated alkanes) is 11. The molecule has 1 unspecified atom stereocenters. The van der Waals surface area contributed by atoms with E-state index in [-0.39, 0.29) is 37.2 Å². The number of carbonyl (C=O) groups is 3. The van der Waals surface area contributed by atoms with E-state index >= 15 is 0 Å². The number of alkyl carbamates (subject to hydrolysis) is 1. The van der Waals surface area contributed by atoms with Gasteiger partial charge in [0.1, 0.15) is 6.10 Å². The number of carbonyl (C=O) groups excluding carboxylic acids is 3. The average molecular weight is 820 g/mol. The molecule has 1 N–H and O–H groups in total. The van der Waals surface area contributed by atoms with Crippen molar-refractivity contribution in [1.29, 1.82) is 0 Å². The van der Waals surface area contributed by atoms with Crippen LogP contribution in [0, 0.1) is 5.92 Å². The molecule has 0 aromatic carbocycles. The van der Waals surface area contributed by atoms with Crippen molar-refractivity contribution in [3.05, 3.63) is 24.3 Å². The molecule has 0 aromatic rings. The van der Waals surface area contributed by atoms with E-state index in [1.165, 1.54) is 47.4 Å². The number of nitrogens with one attached hydrogen (secondary N) is 1. The second kappa shape index (κ2) is 37.2. The number of halogens is 1. The predicted octanol–water partition coefficient (Wildman–Crippen LogP) is 12.1. The normalized spacial score (nSPS) is 12.5. The molecule has 7 nitrogen and oxygen atoms in total. The van der Waals surface area contributed by atoms with Crippen LogP contribution in [-0.2, 0) is 23.8 Å². The molecule has 0 aliphatic rings. The molecule has 8 heteroatoms. The Labute approximate surface area is 315 Å². The van der Waals surface area contributed by atoms with Crippen molar-refractivity contribution >= 4 is 37.9 Å². The molecule has 0 radical (unpaired) electrons. The van der Waals surface area contributed by atoms with Crippen LogP contribution in [0.1, 0.15) is 176 Å². The van der Waals surface area contributed by atoms with Crippen LogP contribution >= 0.6 is 19.8 Å². The molecule has 1 amide bonds. The molecule has 0 fully saturated rings. The quantitative estimate of drug-likeness (QED) is 0.0171. The van der Waals surface area contributed by atoms with Crippen LogP contribution in [0.2, 0.25) is 0 Å². The third-order valence-electron chi connectivity index (χ3n) is 8.95. The molecular formula is C42H78INO6. The average Bonchev–Trinajstić information content (AvgIpc) is 3.12. The first-order chi connectivity index (χ1) is 24.4. The van der Waals surface area contributed by atoms with Gasteiger partial charge < -0.3 is 4.74 Å². The molecule has 0 aliphatic carbocycles. The molecule has 0 saturated heterocycles. The van der Waals surface area contributed by atoms with Gasteiger partial charge in [-0.3, -0.25) is 4.79 Å². The van der Waals surface area contributed by atoms with Crippen LogP contribution in [0.25, 0.3) is 0 Å². The summed E-state index contributed by atoms with van der Waals surface area (Å²) in [5.41, 5.74) is 0. The topological polar surface area (TPSA) is 90.9 Å². The number of ether oxygens (including phenoxy) is 3. The summed E-state index contributed by atoms with van der Waals surface area (Å²) >= 11 is -0.937. The van der Waals surface area contributed by atoms with Crippen LogP contribution in [0.3, 0.4) is 0 Å². The summed E-state index contributed by atoms with van der Waals surface area (Å²) in [5, 5.41) is 2.91. The van der Waals surface area contributed by atoms with E-state index in [1.54, 1.807) is 0 Å². The van der Waals surface area contributed by atoms with Gasteiger partial charge in [-0.25, -0.2) is 0 Å². The van der Waals surface area contributed by atoms with Gasteiger partial charge in [0, 0.05) is 0 Å². The fraction of sp³-hybridized carbons (Fsp3) is 0.833. The van der Waals surface area contributed by atoms with Gasteiger partial charge in [-0.15, -0.1) is 0 Å². The zero-order chi connectivity index (χ0) is 36.9. The van der Waals surface area contributed by atoms with Gasteiger partial charge in [-0.05, 0) is 44.9 Å². The Morgan fingerprint density at radius 2 is 1.16 bits per heavy atom. The molecule has 0 bridgehead atoms. The van der Waals surface area contributed by atoms with Crippen LogP contribution in [0.15, 0.2) is 24.3 Å². The number of hydrogen-bond acceptors (Lipinski definition) is 6. The molecule has 0 heterocycles. The minimum atomic E-state index is -0.937. The van der Waals surface area contributed by atoms with E-state index < -0.39 is 25.9 Å². The summed E-state index contributed by atoms with van der Waals surface area (Å²) in [7, 11) is 0. The SMILES string of the molecule is CCCCC/C=C\C/C=C\CCCCCCCC(=O)OCC(CCCCC(=O)OC(CCCC)CCCC)COC(=O)NCCI(CC)CC. The maximum atomic E-state index is 12.6. The number of alkyl halides is 3. The number of amides is 1. The van der Waals surface area contributed by atoms with E-state index in [1.807, 2.05) is 0 Å². The monoisotopic (exact) mass is 819 g/mol. The minimum absolute atomic E-state index is 0.0222. The van der Waals surface area contributed by atoms with Crippen molar-refractivity contribution < 1.29 is 28.6 Å².